The van der Waals surface area contributed by atoms with Crippen LogP contribution < -0.4 is 27.4 Å². The van der Waals surface area contributed by atoms with Gasteiger partial charge in [-0.05, 0) is 31.7 Å². The largest absolute Gasteiger partial charge is 0.481 e. The Labute approximate surface area is 175 Å². The molecule has 0 aliphatic heterocycles. The Morgan fingerprint density at radius 3 is 2.10 bits per heavy atom. The Balaban J connectivity index is 4.96. The maximum atomic E-state index is 12.4. The van der Waals surface area contributed by atoms with E-state index >= 15 is 0 Å². The summed E-state index contributed by atoms with van der Waals surface area (Å²) in [5, 5.41) is 24.8. The fourth-order valence-corrected chi connectivity index (χ4v) is 2.45. The summed E-state index contributed by atoms with van der Waals surface area (Å²) in [5.41, 5.74) is 11.2. The number of carboxylic acid groups (broad SMARTS) is 2. The molecular formula is C18H33N5O7. The van der Waals surface area contributed by atoms with Crippen molar-refractivity contribution in [2.24, 2.45) is 17.4 Å². The second-order valence-corrected chi connectivity index (χ2v) is 7.03. The minimum atomic E-state index is -1.64. The third-order valence-corrected chi connectivity index (χ3v) is 4.57. The van der Waals surface area contributed by atoms with Crippen molar-refractivity contribution >= 4 is 29.7 Å². The Morgan fingerprint density at radius 1 is 0.967 bits per heavy atom. The lowest BCUT2D eigenvalue weighted by atomic mass is 9.99. The van der Waals surface area contributed by atoms with Crippen LogP contribution in [0, 0.1) is 5.92 Å². The van der Waals surface area contributed by atoms with E-state index in [9.17, 15) is 24.0 Å². The molecule has 30 heavy (non-hydrogen) atoms. The van der Waals surface area contributed by atoms with Crippen LogP contribution in [0.5, 0.6) is 0 Å². The van der Waals surface area contributed by atoms with Gasteiger partial charge in [0.2, 0.25) is 17.7 Å². The van der Waals surface area contributed by atoms with E-state index in [0.717, 1.165) is 0 Å². The Morgan fingerprint density at radius 2 is 1.60 bits per heavy atom. The average Bonchev–Trinajstić information content (AvgIpc) is 2.69. The van der Waals surface area contributed by atoms with Crippen molar-refractivity contribution in [3.8, 4) is 0 Å². The lowest BCUT2D eigenvalue weighted by molar-refractivity contribution is -0.147. The molecule has 0 saturated heterocycles. The minimum Gasteiger partial charge on any atom is -0.481 e. The number of nitrogens with one attached hydrogen (secondary N) is 3. The van der Waals surface area contributed by atoms with Gasteiger partial charge in [0.1, 0.15) is 12.1 Å². The minimum absolute atomic E-state index is 0.0787. The van der Waals surface area contributed by atoms with Crippen LogP contribution in [0.25, 0.3) is 0 Å². The molecule has 3 amide bonds. The monoisotopic (exact) mass is 431 g/mol. The van der Waals surface area contributed by atoms with Crippen molar-refractivity contribution < 1.29 is 34.2 Å². The number of carboxylic acids is 2. The summed E-state index contributed by atoms with van der Waals surface area (Å²) in [6.45, 7) is 3.63. The molecule has 0 fully saturated rings. The van der Waals surface area contributed by atoms with Crippen molar-refractivity contribution in [2.75, 3.05) is 13.1 Å². The molecule has 0 aromatic rings. The number of hydrogen-bond donors (Lipinski definition) is 7. The predicted octanol–water partition coefficient (Wildman–Crippen LogP) is -1.87. The molecule has 4 atom stereocenters. The van der Waals surface area contributed by atoms with Crippen molar-refractivity contribution in [1.82, 2.24) is 16.0 Å². The van der Waals surface area contributed by atoms with Gasteiger partial charge in [0.25, 0.3) is 0 Å². The summed E-state index contributed by atoms with van der Waals surface area (Å²) in [5.74, 6) is -4.99. The van der Waals surface area contributed by atoms with Gasteiger partial charge in [0.05, 0.1) is 19.0 Å². The quantitative estimate of drug-likeness (QED) is 0.144. The predicted molar refractivity (Wildman–Crippen MR) is 107 cm³/mol. The molecule has 0 aliphatic rings. The number of rotatable bonds is 15. The zero-order valence-electron chi connectivity index (χ0n) is 17.3. The summed E-state index contributed by atoms with van der Waals surface area (Å²) in [6.07, 6.45) is 1.07. The standard InChI is InChI=1S/C18H33N5O7/c1-3-10(2)15(20)17(28)21-9-13(24)22-11(6-4-5-7-19)16(27)23-12(18(29)30)8-14(25)26/h10-12,15H,3-9,19-20H2,1-2H3,(H,21,28)(H,22,24)(H,23,27)(H,25,26)(H,29,30). The Hall–Kier alpha value is -2.73. The number of nitrogens with two attached hydrogens (primary N) is 2. The van der Waals surface area contributed by atoms with Gasteiger partial charge >= 0.3 is 11.9 Å². The second kappa shape index (κ2) is 14.3. The molecule has 0 radical (unpaired) electrons. The van der Waals surface area contributed by atoms with Gasteiger partial charge in [0.15, 0.2) is 0 Å². The molecule has 12 nitrogen and oxygen atoms in total. The third kappa shape index (κ3) is 10.7. The van der Waals surface area contributed by atoms with Crippen LogP contribution in [0.15, 0.2) is 0 Å². The summed E-state index contributed by atoms with van der Waals surface area (Å²) in [7, 11) is 0. The number of hydrogen-bond acceptors (Lipinski definition) is 7. The molecule has 0 rings (SSSR count). The number of aliphatic carboxylic acids is 2. The zero-order valence-corrected chi connectivity index (χ0v) is 17.3. The van der Waals surface area contributed by atoms with Crippen LogP contribution in [0.4, 0.5) is 0 Å². The summed E-state index contributed by atoms with van der Waals surface area (Å²) < 4.78 is 0. The van der Waals surface area contributed by atoms with Crippen LogP contribution >= 0.6 is 0 Å². The molecule has 0 heterocycles. The van der Waals surface area contributed by atoms with E-state index in [1.807, 2.05) is 6.92 Å². The molecule has 9 N–H and O–H groups in total. The average molecular weight is 431 g/mol. The van der Waals surface area contributed by atoms with E-state index in [4.69, 9.17) is 21.7 Å². The van der Waals surface area contributed by atoms with Gasteiger partial charge in [-0.2, -0.15) is 0 Å². The Kier molecular flexibility index (Phi) is 13.0. The normalized spacial score (nSPS) is 14.7. The first-order valence-corrected chi connectivity index (χ1v) is 9.81. The number of amides is 3. The zero-order chi connectivity index (χ0) is 23.3. The first-order chi connectivity index (χ1) is 14.0. The van der Waals surface area contributed by atoms with Crippen molar-refractivity contribution in [1.29, 1.82) is 0 Å². The van der Waals surface area contributed by atoms with E-state index < -0.39 is 60.8 Å². The highest BCUT2D eigenvalue weighted by atomic mass is 16.4. The van der Waals surface area contributed by atoms with E-state index in [1.165, 1.54) is 0 Å². The third-order valence-electron chi connectivity index (χ3n) is 4.57. The number of unbranched alkanes of at least 4 members (excludes halogenated alkanes) is 1. The van der Waals surface area contributed by atoms with Gasteiger partial charge < -0.3 is 37.6 Å². The van der Waals surface area contributed by atoms with Crippen molar-refractivity contribution in [3.63, 3.8) is 0 Å². The summed E-state index contributed by atoms with van der Waals surface area (Å²) in [6, 6.07) is -3.53. The van der Waals surface area contributed by atoms with E-state index in [-0.39, 0.29) is 12.3 Å². The molecule has 0 bridgehead atoms. The fourth-order valence-electron chi connectivity index (χ4n) is 2.45. The highest BCUT2D eigenvalue weighted by Crippen LogP contribution is 2.05. The Bertz CT molecular complexity index is 614. The molecule has 172 valence electrons. The van der Waals surface area contributed by atoms with Gasteiger partial charge in [-0.1, -0.05) is 20.3 Å². The van der Waals surface area contributed by atoms with E-state index in [0.29, 0.717) is 25.8 Å². The van der Waals surface area contributed by atoms with Crippen molar-refractivity contribution in [3.05, 3.63) is 0 Å². The van der Waals surface area contributed by atoms with Gasteiger partial charge in [-0.3, -0.25) is 19.2 Å². The van der Waals surface area contributed by atoms with Crippen LogP contribution in [0.2, 0.25) is 0 Å². The molecule has 0 aromatic carbocycles. The molecule has 0 aromatic heterocycles. The second-order valence-electron chi connectivity index (χ2n) is 7.03. The molecule has 0 aliphatic carbocycles. The fraction of sp³-hybridized carbons (Fsp3) is 0.722. The van der Waals surface area contributed by atoms with Gasteiger partial charge in [0, 0.05) is 0 Å². The van der Waals surface area contributed by atoms with Gasteiger partial charge in [-0.25, -0.2) is 4.79 Å². The molecule has 12 heteroatoms. The first kappa shape index (κ1) is 27.3. The topological polar surface area (TPSA) is 214 Å². The maximum absolute atomic E-state index is 12.4. The summed E-state index contributed by atoms with van der Waals surface area (Å²) in [4.78, 5) is 58.5. The maximum Gasteiger partial charge on any atom is 0.326 e. The highest BCUT2D eigenvalue weighted by molar-refractivity contribution is 5.93. The molecule has 4 unspecified atom stereocenters. The van der Waals surface area contributed by atoms with E-state index in [1.54, 1.807) is 6.92 Å². The highest BCUT2D eigenvalue weighted by Gasteiger charge is 2.28. The van der Waals surface area contributed by atoms with Crippen LogP contribution in [0.1, 0.15) is 46.0 Å². The van der Waals surface area contributed by atoms with Crippen LogP contribution in [-0.2, 0) is 24.0 Å². The van der Waals surface area contributed by atoms with Crippen LogP contribution in [-0.4, -0.2) is 71.1 Å². The molecular weight excluding hydrogens is 398 g/mol. The first-order valence-electron chi connectivity index (χ1n) is 9.81. The number of carbonyl (C=O) groups is 5. The molecule has 0 spiro atoms. The molecule has 0 saturated carbocycles. The summed E-state index contributed by atoms with van der Waals surface area (Å²) >= 11 is 0. The van der Waals surface area contributed by atoms with E-state index in [2.05, 4.69) is 16.0 Å². The lowest BCUT2D eigenvalue weighted by Gasteiger charge is -2.21. The van der Waals surface area contributed by atoms with Crippen LogP contribution in [0.3, 0.4) is 0 Å². The lowest BCUT2D eigenvalue weighted by Crippen LogP contribution is -2.54. The smallest absolute Gasteiger partial charge is 0.326 e. The van der Waals surface area contributed by atoms with Crippen molar-refractivity contribution in [2.45, 2.75) is 64.1 Å². The number of carbonyl (C=O) groups excluding carboxylic acids is 3. The SMILES string of the molecule is CCC(C)C(N)C(=O)NCC(=O)NC(CCCCN)C(=O)NC(CC(=O)O)C(=O)O. The van der Waals surface area contributed by atoms with Gasteiger partial charge in [-0.15, -0.1) is 0 Å².